The second-order valence-electron chi connectivity index (χ2n) is 5.47. The van der Waals surface area contributed by atoms with Crippen LogP contribution >= 0.6 is 11.6 Å². The Morgan fingerprint density at radius 1 is 1.44 bits per heavy atom. The molecule has 0 atom stereocenters. The second kappa shape index (κ2) is 7.98. The van der Waals surface area contributed by atoms with Crippen LogP contribution < -0.4 is 10.1 Å². The number of ether oxygens (including phenoxy) is 1. The average Bonchev–Trinajstić information content (AvgIpc) is 2.80. The summed E-state index contributed by atoms with van der Waals surface area (Å²) >= 11 is 5.98. The van der Waals surface area contributed by atoms with Crippen molar-refractivity contribution in [1.82, 2.24) is 9.78 Å². The maximum atomic E-state index is 12.3. The zero-order valence-electron chi connectivity index (χ0n) is 14.2. The number of nitrogens with one attached hydrogen (secondary N) is 1. The number of benzene rings is 1. The summed E-state index contributed by atoms with van der Waals surface area (Å²) in [6, 6.07) is 4.95. The molecule has 0 aliphatic heterocycles. The van der Waals surface area contributed by atoms with Gasteiger partial charge in [-0.25, -0.2) is 0 Å². The van der Waals surface area contributed by atoms with E-state index in [9.17, 15) is 14.9 Å². The van der Waals surface area contributed by atoms with Gasteiger partial charge in [0.15, 0.2) is 0 Å². The SMILES string of the molecule is CCCOc1ccc(Cl)cc1NC(=O)Cn1nc(C)c([N+](=O)[O-])c1C. The first kappa shape index (κ1) is 18.7. The predicted octanol–water partition coefficient (Wildman–Crippen LogP) is 3.49. The topological polar surface area (TPSA) is 99.3 Å². The number of aryl methyl sites for hydroxylation is 1. The third kappa shape index (κ3) is 4.48. The smallest absolute Gasteiger partial charge is 0.312 e. The molecule has 0 aliphatic rings. The molecular formula is C16H19ClN4O4. The van der Waals surface area contributed by atoms with Crippen LogP contribution in [0.2, 0.25) is 5.02 Å². The zero-order chi connectivity index (χ0) is 18.6. The van der Waals surface area contributed by atoms with Gasteiger partial charge in [0.2, 0.25) is 5.91 Å². The normalized spacial score (nSPS) is 10.6. The standard InChI is InChI=1S/C16H19ClN4O4/c1-4-7-25-14-6-5-12(17)8-13(14)18-15(22)9-20-11(3)16(21(23)24)10(2)19-20/h5-6,8H,4,7,9H2,1-3H3,(H,18,22). The van der Waals surface area contributed by atoms with Crippen molar-refractivity contribution in [2.45, 2.75) is 33.7 Å². The van der Waals surface area contributed by atoms with Gasteiger partial charge < -0.3 is 10.1 Å². The van der Waals surface area contributed by atoms with Crippen molar-refractivity contribution in [3.63, 3.8) is 0 Å². The first-order chi connectivity index (χ1) is 11.8. The van der Waals surface area contributed by atoms with Gasteiger partial charge in [-0.1, -0.05) is 18.5 Å². The number of aromatic nitrogens is 2. The third-order valence-corrected chi connectivity index (χ3v) is 3.73. The van der Waals surface area contributed by atoms with Gasteiger partial charge in [0.05, 0.1) is 17.2 Å². The van der Waals surface area contributed by atoms with Gasteiger partial charge in [0.25, 0.3) is 0 Å². The summed E-state index contributed by atoms with van der Waals surface area (Å²) in [5, 5.41) is 18.3. The molecule has 0 saturated heterocycles. The van der Waals surface area contributed by atoms with E-state index in [-0.39, 0.29) is 23.8 Å². The lowest BCUT2D eigenvalue weighted by Crippen LogP contribution is -2.21. The number of nitrogens with zero attached hydrogens (tertiary/aromatic N) is 3. The molecular weight excluding hydrogens is 348 g/mol. The van der Waals surface area contributed by atoms with Crippen molar-refractivity contribution < 1.29 is 14.5 Å². The summed E-state index contributed by atoms with van der Waals surface area (Å²) in [5.41, 5.74) is 0.959. The molecule has 0 bridgehead atoms. The minimum absolute atomic E-state index is 0.0810. The molecule has 0 unspecified atom stereocenters. The maximum Gasteiger partial charge on any atom is 0.312 e. The molecule has 1 N–H and O–H groups in total. The van der Waals surface area contributed by atoms with Crippen LogP contribution in [0.25, 0.3) is 0 Å². The summed E-state index contributed by atoms with van der Waals surface area (Å²) in [6.45, 7) is 5.42. The predicted molar refractivity (Wildman–Crippen MR) is 94.2 cm³/mol. The maximum absolute atomic E-state index is 12.3. The van der Waals surface area contributed by atoms with E-state index in [0.717, 1.165) is 6.42 Å². The van der Waals surface area contributed by atoms with Crippen LogP contribution in [0.1, 0.15) is 24.7 Å². The van der Waals surface area contributed by atoms with Crippen molar-refractivity contribution in [3.8, 4) is 5.75 Å². The molecule has 8 nitrogen and oxygen atoms in total. The summed E-state index contributed by atoms with van der Waals surface area (Å²) in [6.07, 6.45) is 0.825. The molecule has 0 fully saturated rings. The van der Waals surface area contributed by atoms with Crippen molar-refractivity contribution in [1.29, 1.82) is 0 Å². The summed E-state index contributed by atoms with van der Waals surface area (Å²) in [5.74, 6) is 0.128. The first-order valence-corrected chi connectivity index (χ1v) is 8.11. The Bertz CT molecular complexity index is 804. The third-order valence-electron chi connectivity index (χ3n) is 3.50. The molecule has 9 heteroatoms. The molecule has 25 heavy (non-hydrogen) atoms. The lowest BCUT2D eigenvalue weighted by atomic mass is 10.3. The molecule has 1 aromatic heterocycles. The van der Waals surface area contributed by atoms with Crippen molar-refractivity contribution >= 4 is 28.9 Å². The van der Waals surface area contributed by atoms with E-state index in [2.05, 4.69) is 10.4 Å². The van der Waals surface area contributed by atoms with Crippen LogP contribution in [-0.4, -0.2) is 27.2 Å². The van der Waals surface area contributed by atoms with Gasteiger partial charge in [-0.3, -0.25) is 19.6 Å². The van der Waals surface area contributed by atoms with Crippen LogP contribution in [0, 0.1) is 24.0 Å². The minimum atomic E-state index is -0.500. The number of carbonyl (C=O) groups is 1. The molecule has 0 radical (unpaired) electrons. The Kier molecular flexibility index (Phi) is 5.97. The number of rotatable bonds is 7. The number of hydrogen-bond donors (Lipinski definition) is 1. The molecule has 2 rings (SSSR count). The van der Waals surface area contributed by atoms with Crippen molar-refractivity contribution in [3.05, 3.63) is 44.7 Å². The summed E-state index contributed by atoms with van der Waals surface area (Å²) in [4.78, 5) is 22.9. The molecule has 0 aliphatic carbocycles. The van der Waals surface area contributed by atoms with Gasteiger partial charge in [0, 0.05) is 5.02 Å². The number of halogens is 1. The van der Waals surface area contributed by atoms with Gasteiger partial charge in [-0.05, 0) is 38.5 Å². The molecule has 0 spiro atoms. The fourth-order valence-corrected chi connectivity index (χ4v) is 2.54. The number of anilines is 1. The van der Waals surface area contributed by atoms with E-state index >= 15 is 0 Å². The van der Waals surface area contributed by atoms with Gasteiger partial charge in [0.1, 0.15) is 23.7 Å². The van der Waals surface area contributed by atoms with Crippen LogP contribution in [0.4, 0.5) is 11.4 Å². The van der Waals surface area contributed by atoms with E-state index in [1.54, 1.807) is 25.1 Å². The van der Waals surface area contributed by atoms with Crippen LogP contribution in [0.5, 0.6) is 5.75 Å². The highest BCUT2D eigenvalue weighted by molar-refractivity contribution is 6.31. The lowest BCUT2D eigenvalue weighted by Gasteiger charge is -2.13. The fraction of sp³-hybridized carbons (Fsp3) is 0.375. The fourth-order valence-electron chi connectivity index (χ4n) is 2.37. The highest BCUT2D eigenvalue weighted by atomic mass is 35.5. The molecule has 134 valence electrons. The molecule has 1 heterocycles. The largest absolute Gasteiger partial charge is 0.491 e. The highest BCUT2D eigenvalue weighted by Crippen LogP contribution is 2.28. The van der Waals surface area contributed by atoms with E-state index in [0.29, 0.717) is 28.8 Å². The van der Waals surface area contributed by atoms with Crippen LogP contribution in [-0.2, 0) is 11.3 Å². The zero-order valence-corrected chi connectivity index (χ0v) is 15.0. The van der Waals surface area contributed by atoms with E-state index < -0.39 is 4.92 Å². The van der Waals surface area contributed by atoms with Gasteiger partial charge >= 0.3 is 5.69 Å². The highest BCUT2D eigenvalue weighted by Gasteiger charge is 2.23. The Hall–Kier alpha value is -2.61. The molecule has 2 aromatic rings. The minimum Gasteiger partial charge on any atom is -0.491 e. The van der Waals surface area contributed by atoms with Crippen LogP contribution in [0.3, 0.4) is 0 Å². The van der Waals surface area contributed by atoms with Crippen molar-refractivity contribution in [2.24, 2.45) is 0 Å². The second-order valence-corrected chi connectivity index (χ2v) is 5.91. The van der Waals surface area contributed by atoms with Gasteiger partial charge in [-0.2, -0.15) is 5.10 Å². The number of amides is 1. The molecule has 1 amide bonds. The van der Waals surface area contributed by atoms with Crippen molar-refractivity contribution in [2.75, 3.05) is 11.9 Å². The van der Waals surface area contributed by atoms with E-state index in [1.165, 1.54) is 11.6 Å². The Balaban J connectivity index is 2.17. The molecule has 1 aromatic carbocycles. The van der Waals surface area contributed by atoms with E-state index in [4.69, 9.17) is 16.3 Å². The Morgan fingerprint density at radius 2 is 2.16 bits per heavy atom. The first-order valence-electron chi connectivity index (χ1n) is 7.74. The summed E-state index contributed by atoms with van der Waals surface area (Å²) < 4.78 is 6.89. The number of carbonyl (C=O) groups excluding carboxylic acids is 1. The van der Waals surface area contributed by atoms with Crippen LogP contribution in [0.15, 0.2) is 18.2 Å². The average molecular weight is 367 g/mol. The van der Waals surface area contributed by atoms with Gasteiger partial charge in [-0.15, -0.1) is 0 Å². The Morgan fingerprint density at radius 3 is 2.76 bits per heavy atom. The number of hydrogen-bond acceptors (Lipinski definition) is 5. The Labute approximate surface area is 149 Å². The molecule has 0 saturated carbocycles. The van der Waals surface area contributed by atoms with E-state index in [1.807, 2.05) is 6.92 Å². The summed E-state index contributed by atoms with van der Waals surface area (Å²) in [7, 11) is 0. The monoisotopic (exact) mass is 366 g/mol. The lowest BCUT2D eigenvalue weighted by molar-refractivity contribution is -0.386. The quantitative estimate of drug-likeness (QED) is 0.597. The number of nitro groups is 1.